The minimum absolute atomic E-state index is 0.163. The Balaban J connectivity index is 1.72. The molecule has 18 heavy (non-hydrogen) atoms. The Kier molecular flexibility index (Phi) is 4.76. The van der Waals surface area contributed by atoms with Gasteiger partial charge >= 0.3 is 5.97 Å². The van der Waals surface area contributed by atoms with Crippen LogP contribution in [0.2, 0.25) is 0 Å². The summed E-state index contributed by atoms with van der Waals surface area (Å²) in [7, 11) is 0. The number of carboxylic acid groups (broad SMARTS) is 1. The predicted octanol–water partition coefficient (Wildman–Crippen LogP) is 3.09. The highest BCUT2D eigenvalue weighted by molar-refractivity contribution is 5.70. The fourth-order valence-electron chi connectivity index (χ4n) is 2.58. The SMILES string of the molecule is O=C(O)C1CCCC(COCc2ccccc2)C1. The van der Waals surface area contributed by atoms with E-state index in [0.29, 0.717) is 19.1 Å². The number of carboxylic acids is 1. The van der Waals surface area contributed by atoms with Crippen molar-refractivity contribution in [2.45, 2.75) is 32.3 Å². The molecule has 3 heteroatoms. The van der Waals surface area contributed by atoms with E-state index >= 15 is 0 Å². The third-order valence-corrected chi connectivity index (χ3v) is 3.60. The average Bonchev–Trinajstić information content (AvgIpc) is 2.40. The average molecular weight is 248 g/mol. The zero-order chi connectivity index (χ0) is 12.8. The summed E-state index contributed by atoms with van der Waals surface area (Å²) in [5.74, 6) is -0.407. The first-order chi connectivity index (χ1) is 8.75. The van der Waals surface area contributed by atoms with Gasteiger partial charge in [-0.15, -0.1) is 0 Å². The lowest BCUT2D eigenvalue weighted by Crippen LogP contribution is -2.25. The lowest BCUT2D eigenvalue weighted by Gasteiger charge is -2.26. The summed E-state index contributed by atoms with van der Waals surface area (Å²) in [6.07, 6.45) is 3.70. The van der Waals surface area contributed by atoms with Crippen molar-refractivity contribution in [2.75, 3.05) is 6.61 Å². The molecule has 0 amide bonds. The van der Waals surface area contributed by atoms with Gasteiger partial charge in [-0.25, -0.2) is 0 Å². The van der Waals surface area contributed by atoms with E-state index in [0.717, 1.165) is 25.7 Å². The number of ether oxygens (including phenoxy) is 1. The molecule has 1 aliphatic rings. The van der Waals surface area contributed by atoms with Crippen LogP contribution in [0.15, 0.2) is 30.3 Å². The Hall–Kier alpha value is -1.35. The highest BCUT2D eigenvalue weighted by Gasteiger charge is 2.26. The van der Waals surface area contributed by atoms with Crippen molar-refractivity contribution in [1.29, 1.82) is 0 Å². The second kappa shape index (κ2) is 6.55. The van der Waals surface area contributed by atoms with Crippen LogP contribution in [0.1, 0.15) is 31.2 Å². The first-order valence-corrected chi connectivity index (χ1v) is 6.60. The van der Waals surface area contributed by atoms with Gasteiger partial charge < -0.3 is 9.84 Å². The number of aliphatic carboxylic acids is 1. The highest BCUT2D eigenvalue weighted by Crippen LogP contribution is 2.29. The van der Waals surface area contributed by atoms with E-state index in [9.17, 15) is 4.79 Å². The van der Waals surface area contributed by atoms with E-state index in [1.807, 2.05) is 30.3 Å². The molecular weight excluding hydrogens is 228 g/mol. The molecule has 1 fully saturated rings. The van der Waals surface area contributed by atoms with E-state index in [1.165, 1.54) is 5.56 Å². The molecule has 0 bridgehead atoms. The molecule has 2 rings (SSSR count). The molecule has 0 aromatic heterocycles. The fraction of sp³-hybridized carbons (Fsp3) is 0.533. The molecule has 98 valence electrons. The van der Waals surface area contributed by atoms with Crippen molar-refractivity contribution in [1.82, 2.24) is 0 Å². The highest BCUT2D eigenvalue weighted by atomic mass is 16.5. The first kappa shape index (κ1) is 13.1. The minimum atomic E-state index is -0.650. The maximum absolute atomic E-state index is 11.0. The van der Waals surface area contributed by atoms with E-state index in [1.54, 1.807) is 0 Å². The molecular formula is C15H20O3. The molecule has 0 spiro atoms. The summed E-state index contributed by atoms with van der Waals surface area (Å²) in [5, 5.41) is 9.02. The Bertz CT molecular complexity index is 375. The molecule has 3 nitrogen and oxygen atoms in total. The van der Waals surface area contributed by atoms with Gasteiger partial charge in [-0.1, -0.05) is 36.8 Å². The van der Waals surface area contributed by atoms with Crippen molar-refractivity contribution < 1.29 is 14.6 Å². The maximum Gasteiger partial charge on any atom is 0.306 e. The van der Waals surface area contributed by atoms with Gasteiger partial charge in [-0.3, -0.25) is 4.79 Å². The molecule has 0 heterocycles. The third-order valence-electron chi connectivity index (χ3n) is 3.60. The minimum Gasteiger partial charge on any atom is -0.481 e. The van der Waals surface area contributed by atoms with Gasteiger partial charge in [0.1, 0.15) is 0 Å². The molecule has 0 saturated heterocycles. The summed E-state index contributed by atoms with van der Waals surface area (Å²) >= 11 is 0. The van der Waals surface area contributed by atoms with Gasteiger partial charge in [0.2, 0.25) is 0 Å². The monoisotopic (exact) mass is 248 g/mol. The van der Waals surface area contributed by atoms with Crippen LogP contribution in [0, 0.1) is 11.8 Å². The van der Waals surface area contributed by atoms with E-state index < -0.39 is 5.97 Å². The number of hydrogen-bond donors (Lipinski definition) is 1. The van der Waals surface area contributed by atoms with Crippen molar-refractivity contribution in [3.63, 3.8) is 0 Å². The smallest absolute Gasteiger partial charge is 0.306 e. The van der Waals surface area contributed by atoms with Crippen LogP contribution >= 0.6 is 0 Å². The predicted molar refractivity (Wildman–Crippen MR) is 69.2 cm³/mol. The van der Waals surface area contributed by atoms with Crippen molar-refractivity contribution >= 4 is 5.97 Å². The van der Waals surface area contributed by atoms with Gasteiger partial charge in [-0.2, -0.15) is 0 Å². The van der Waals surface area contributed by atoms with Gasteiger partial charge in [0.25, 0.3) is 0 Å². The van der Waals surface area contributed by atoms with E-state index in [4.69, 9.17) is 9.84 Å². The number of hydrogen-bond acceptors (Lipinski definition) is 2. The summed E-state index contributed by atoms with van der Waals surface area (Å²) in [6.45, 7) is 1.30. The Labute approximate surface area is 108 Å². The number of rotatable bonds is 5. The van der Waals surface area contributed by atoms with E-state index in [-0.39, 0.29) is 5.92 Å². The molecule has 1 N–H and O–H groups in total. The second-order valence-corrected chi connectivity index (χ2v) is 5.07. The largest absolute Gasteiger partial charge is 0.481 e. The summed E-state index contributed by atoms with van der Waals surface area (Å²) in [5.41, 5.74) is 1.17. The number of carbonyl (C=O) groups is 1. The number of benzene rings is 1. The molecule has 1 saturated carbocycles. The van der Waals surface area contributed by atoms with E-state index in [2.05, 4.69) is 0 Å². The van der Waals surface area contributed by atoms with Crippen LogP contribution in [0.3, 0.4) is 0 Å². The molecule has 2 unspecified atom stereocenters. The van der Waals surface area contributed by atoms with Crippen LogP contribution < -0.4 is 0 Å². The Morgan fingerprint density at radius 1 is 1.28 bits per heavy atom. The van der Waals surface area contributed by atoms with Crippen LogP contribution in [0.5, 0.6) is 0 Å². The van der Waals surface area contributed by atoms with Gasteiger partial charge in [0, 0.05) is 6.61 Å². The lowest BCUT2D eigenvalue weighted by atomic mass is 9.82. The van der Waals surface area contributed by atoms with Gasteiger partial charge in [0.05, 0.1) is 12.5 Å². The van der Waals surface area contributed by atoms with Crippen molar-refractivity contribution in [2.24, 2.45) is 11.8 Å². The summed E-state index contributed by atoms with van der Waals surface area (Å²) in [6, 6.07) is 10.1. The van der Waals surface area contributed by atoms with Crippen molar-refractivity contribution in [3.05, 3.63) is 35.9 Å². The summed E-state index contributed by atoms with van der Waals surface area (Å²) in [4.78, 5) is 11.0. The van der Waals surface area contributed by atoms with Crippen molar-refractivity contribution in [3.8, 4) is 0 Å². The first-order valence-electron chi connectivity index (χ1n) is 6.60. The quantitative estimate of drug-likeness (QED) is 0.871. The third kappa shape index (κ3) is 3.84. The second-order valence-electron chi connectivity index (χ2n) is 5.07. The zero-order valence-electron chi connectivity index (χ0n) is 10.5. The molecule has 1 aromatic carbocycles. The van der Waals surface area contributed by atoms with Crippen LogP contribution in [0.4, 0.5) is 0 Å². The standard InChI is InChI=1S/C15H20O3/c16-15(17)14-8-4-7-13(9-14)11-18-10-12-5-2-1-3-6-12/h1-3,5-6,13-14H,4,7-11H2,(H,16,17). The van der Waals surface area contributed by atoms with Crippen LogP contribution in [0.25, 0.3) is 0 Å². The molecule has 0 aliphatic heterocycles. The maximum atomic E-state index is 11.0. The Morgan fingerprint density at radius 2 is 2.06 bits per heavy atom. The lowest BCUT2D eigenvalue weighted by molar-refractivity contribution is -0.143. The fourth-order valence-corrected chi connectivity index (χ4v) is 2.58. The van der Waals surface area contributed by atoms with Crippen LogP contribution in [-0.2, 0) is 16.1 Å². The normalized spacial score (nSPS) is 23.8. The zero-order valence-corrected chi connectivity index (χ0v) is 10.5. The van der Waals surface area contributed by atoms with Gasteiger partial charge in [0.15, 0.2) is 0 Å². The van der Waals surface area contributed by atoms with Gasteiger partial charge in [-0.05, 0) is 30.7 Å². The molecule has 1 aromatic rings. The Morgan fingerprint density at radius 3 is 2.78 bits per heavy atom. The molecule has 2 atom stereocenters. The molecule has 0 radical (unpaired) electrons. The van der Waals surface area contributed by atoms with Crippen LogP contribution in [-0.4, -0.2) is 17.7 Å². The summed E-state index contributed by atoms with van der Waals surface area (Å²) < 4.78 is 5.69. The topological polar surface area (TPSA) is 46.5 Å². The molecule has 1 aliphatic carbocycles.